The number of thiocarbonyl (C=S) groups is 1. The number of anilines is 1. The van der Waals surface area contributed by atoms with Crippen molar-refractivity contribution in [2.75, 3.05) is 19.0 Å². The minimum Gasteiger partial charge on any atom is -0.465 e. The molecule has 0 saturated heterocycles. The quantitative estimate of drug-likeness (QED) is 0.654. The van der Waals surface area contributed by atoms with E-state index in [2.05, 4.69) is 15.4 Å². The number of carbonyl (C=O) groups excluding carboxylic acids is 1. The molecular formula is C11H13ClN2O2S. The first-order chi connectivity index (χ1) is 8.08. The van der Waals surface area contributed by atoms with Gasteiger partial charge < -0.3 is 15.4 Å². The smallest absolute Gasteiger partial charge is 0.339 e. The second-order valence-corrected chi connectivity index (χ2v) is 3.99. The third kappa shape index (κ3) is 3.87. The van der Waals surface area contributed by atoms with E-state index in [0.717, 1.165) is 6.54 Å². The lowest BCUT2D eigenvalue weighted by Gasteiger charge is -2.10. The van der Waals surface area contributed by atoms with Gasteiger partial charge in [-0.3, -0.25) is 0 Å². The van der Waals surface area contributed by atoms with Gasteiger partial charge in [0.15, 0.2) is 5.11 Å². The van der Waals surface area contributed by atoms with E-state index >= 15 is 0 Å². The van der Waals surface area contributed by atoms with E-state index in [1.165, 1.54) is 7.11 Å². The Morgan fingerprint density at radius 2 is 2.24 bits per heavy atom. The average molecular weight is 273 g/mol. The van der Waals surface area contributed by atoms with Crippen molar-refractivity contribution in [3.63, 3.8) is 0 Å². The van der Waals surface area contributed by atoms with Crippen molar-refractivity contribution < 1.29 is 9.53 Å². The van der Waals surface area contributed by atoms with Crippen LogP contribution in [0.5, 0.6) is 0 Å². The number of nitrogens with one attached hydrogen (secondary N) is 2. The number of hydrogen-bond acceptors (Lipinski definition) is 3. The Kier molecular flexibility index (Phi) is 5.18. The third-order valence-electron chi connectivity index (χ3n) is 1.97. The summed E-state index contributed by atoms with van der Waals surface area (Å²) in [6.45, 7) is 2.67. The highest BCUT2D eigenvalue weighted by Crippen LogP contribution is 2.21. The van der Waals surface area contributed by atoms with Crippen molar-refractivity contribution in [1.82, 2.24) is 5.32 Å². The molecule has 0 amide bonds. The standard InChI is InChI=1S/C11H13ClN2O2S/c1-3-13-11(17)14-7-4-5-9(12)8(6-7)10(15)16-2/h4-6H,3H2,1-2H3,(H2,13,14,17). The molecule has 1 aromatic carbocycles. The number of rotatable bonds is 3. The van der Waals surface area contributed by atoms with E-state index in [1.807, 2.05) is 6.92 Å². The lowest BCUT2D eigenvalue weighted by molar-refractivity contribution is 0.0601. The molecule has 1 rings (SSSR count). The summed E-state index contributed by atoms with van der Waals surface area (Å²) in [6.07, 6.45) is 0. The van der Waals surface area contributed by atoms with Gasteiger partial charge in [-0.15, -0.1) is 0 Å². The van der Waals surface area contributed by atoms with Crippen LogP contribution in [0, 0.1) is 0 Å². The number of hydrogen-bond donors (Lipinski definition) is 2. The fourth-order valence-electron chi connectivity index (χ4n) is 1.21. The number of methoxy groups -OCH3 is 1. The Bertz CT molecular complexity index is 437. The van der Waals surface area contributed by atoms with E-state index in [-0.39, 0.29) is 0 Å². The van der Waals surface area contributed by atoms with E-state index in [4.69, 9.17) is 23.8 Å². The van der Waals surface area contributed by atoms with Crippen molar-refractivity contribution in [1.29, 1.82) is 0 Å². The van der Waals surface area contributed by atoms with Crippen LogP contribution in [0.1, 0.15) is 17.3 Å². The Hall–Kier alpha value is -1.33. The molecule has 0 bridgehead atoms. The van der Waals surface area contributed by atoms with Gasteiger partial charge in [0.1, 0.15) is 0 Å². The van der Waals surface area contributed by atoms with Gasteiger partial charge in [0.2, 0.25) is 0 Å². The average Bonchev–Trinajstić information content (AvgIpc) is 2.31. The molecule has 6 heteroatoms. The minimum atomic E-state index is -0.479. The molecule has 92 valence electrons. The lowest BCUT2D eigenvalue weighted by atomic mass is 10.2. The van der Waals surface area contributed by atoms with E-state index in [0.29, 0.717) is 21.4 Å². The van der Waals surface area contributed by atoms with Gasteiger partial charge in [-0.05, 0) is 37.3 Å². The zero-order chi connectivity index (χ0) is 12.8. The minimum absolute atomic E-state index is 0.304. The molecule has 4 nitrogen and oxygen atoms in total. The van der Waals surface area contributed by atoms with Crippen molar-refractivity contribution in [2.45, 2.75) is 6.92 Å². The molecule has 0 radical (unpaired) electrons. The fourth-order valence-corrected chi connectivity index (χ4v) is 1.66. The first kappa shape index (κ1) is 13.7. The molecule has 0 aromatic heterocycles. The molecule has 1 aromatic rings. The Balaban J connectivity index is 2.89. The second-order valence-electron chi connectivity index (χ2n) is 3.17. The molecule has 2 N–H and O–H groups in total. The maximum Gasteiger partial charge on any atom is 0.339 e. The molecule has 0 aliphatic carbocycles. The third-order valence-corrected chi connectivity index (χ3v) is 2.54. The van der Waals surface area contributed by atoms with Gasteiger partial charge in [-0.2, -0.15) is 0 Å². The number of carbonyl (C=O) groups is 1. The van der Waals surface area contributed by atoms with Crippen LogP contribution in [0.25, 0.3) is 0 Å². The van der Waals surface area contributed by atoms with Crippen molar-refractivity contribution in [3.05, 3.63) is 28.8 Å². The molecule has 0 heterocycles. The van der Waals surface area contributed by atoms with Crippen molar-refractivity contribution >= 4 is 40.6 Å². The van der Waals surface area contributed by atoms with Crippen LogP contribution in [0.4, 0.5) is 5.69 Å². The number of esters is 1. The maximum absolute atomic E-state index is 11.4. The normalized spacial score (nSPS) is 9.59. The molecular weight excluding hydrogens is 260 g/mol. The number of benzene rings is 1. The first-order valence-electron chi connectivity index (χ1n) is 5.01. The molecule has 0 fully saturated rings. The summed E-state index contributed by atoms with van der Waals surface area (Å²) >= 11 is 10.9. The molecule has 0 spiro atoms. The SMILES string of the molecule is CCNC(=S)Nc1ccc(Cl)c(C(=O)OC)c1. The Morgan fingerprint density at radius 1 is 1.53 bits per heavy atom. The van der Waals surface area contributed by atoms with Crippen LogP contribution in [-0.4, -0.2) is 24.7 Å². The predicted molar refractivity (Wildman–Crippen MR) is 72.7 cm³/mol. The van der Waals surface area contributed by atoms with Crippen molar-refractivity contribution in [2.24, 2.45) is 0 Å². The zero-order valence-electron chi connectivity index (χ0n) is 9.54. The largest absolute Gasteiger partial charge is 0.465 e. The second kappa shape index (κ2) is 6.42. The van der Waals surface area contributed by atoms with Crippen LogP contribution in [0.3, 0.4) is 0 Å². The van der Waals surface area contributed by atoms with Crippen LogP contribution < -0.4 is 10.6 Å². The molecule has 0 unspecified atom stereocenters. The van der Waals surface area contributed by atoms with Crippen LogP contribution in [0.15, 0.2) is 18.2 Å². The Labute approximate surface area is 110 Å². The molecule has 0 aliphatic rings. The number of ether oxygens (including phenoxy) is 1. The van der Waals surface area contributed by atoms with Gasteiger partial charge >= 0.3 is 5.97 Å². The van der Waals surface area contributed by atoms with E-state index in [9.17, 15) is 4.79 Å². The predicted octanol–water partition coefficient (Wildman–Crippen LogP) is 2.43. The highest BCUT2D eigenvalue weighted by Gasteiger charge is 2.11. The van der Waals surface area contributed by atoms with E-state index < -0.39 is 5.97 Å². The molecule has 0 atom stereocenters. The van der Waals surface area contributed by atoms with E-state index in [1.54, 1.807) is 18.2 Å². The van der Waals surface area contributed by atoms with Crippen LogP contribution >= 0.6 is 23.8 Å². The van der Waals surface area contributed by atoms with Gasteiger partial charge in [0, 0.05) is 12.2 Å². The molecule has 0 saturated carbocycles. The summed E-state index contributed by atoms with van der Waals surface area (Å²) in [4.78, 5) is 11.4. The van der Waals surface area contributed by atoms with Gasteiger partial charge in [-0.25, -0.2) is 4.79 Å². The summed E-state index contributed by atoms with van der Waals surface area (Å²) in [5, 5.41) is 6.72. The summed E-state index contributed by atoms with van der Waals surface area (Å²) in [7, 11) is 1.31. The van der Waals surface area contributed by atoms with Crippen LogP contribution in [0.2, 0.25) is 5.02 Å². The highest BCUT2D eigenvalue weighted by atomic mass is 35.5. The summed E-state index contributed by atoms with van der Waals surface area (Å²) in [5.41, 5.74) is 0.985. The molecule has 17 heavy (non-hydrogen) atoms. The van der Waals surface area contributed by atoms with Gasteiger partial charge in [0.05, 0.1) is 17.7 Å². The topological polar surface area (TPSA) is 50.4 Å². The summed E-state index contributed by atoms with van der Waals surface area (Å²) in [5.74, 6) is -0.479. The van der Waals surface area contributed by atoms with Gasteiger partial charge in [0.25, 0.3) is 0 Å². The first-order valence-corrected chi connectivity index (χ1v) is 5.79. The monoisotopic (exact) mass is 272 g/mol. The highest BCUT2D eigenvalue weighted by molar-refractivity contribution is 7.80. The number of halogens is 1. The fraction of sp³-hybridized carbons (Fsp3) is 0.273. The summed E-state index contributed by atoms with van der Waals surface area (Å²) in [6, 6.07) is 4.95. The Morgan fingerprint density at radius 3 is 2.82 bits per heavy atom. The van der Waals surface area contributed by atoms with Crippen LogP contribution in [-0.2, 0) is 4.74 Å². The summed E-state index contributed by atoms with van der Waals surface area (Å²) < 4.78 is 4.62. The maximum atomic E-state index is 11.4. The van der Waals surface area contributed by atoms with Crippen molar-refractivity contribution in [3.8, 4) is 0 Å². The zero-order valence-corrected chi connectivity index (χ0v) is 11.1. The lowest BCUT2D eigenvalue weighted by Crippen LogP contribution is -2.27. The molecule has 0 aliphatic heterocycles. The van der Waals surface area contributed by atoms with Gasteiger partial charge in [-0.1, -0.05) is 11.6 Å².